The van der Waals surface area contributed by atoms with Crippen molar-refractivity contribution in [2.24, 2.45) is 10.5 Å². The molecular formula is C9H15N3O3. The van der Waals surface area contributed by atoms with Crippen molar-refractivity contribution in [2.75, 3.05) is 7.11 Å². The summed E-state index contributed by atoms with van der Waals surface area (Å²) in [5, 5.41) is 12.7. The predicted molar refractivity (Wildman–Crippen MR) is 53.3 cm³/mol. The van der Waals surface area contributed by atoms with E-state index in [-0.39, 0.29) is 12.1 Å². The average molecular weight is 213 g/mol. The maximum Gasteiger partial charge on any atom is 0.311 e. The minimum atomic E-state index is -0.865. The Hall–Kier alpha value is -1.26. The van der Waals surface area contributed by atoms with Crippen LogP contribution in [0.15, 0.2) is 5.11 Å². The molecule has 1 rings (SSSR count). The Morgan fingerprint density at radius 1 is 1.73 bits per heavy atom. The normalized spacial score (nSPS) is 35.6. The number of methoxy groups -OCH3 is 1. The monoisotopic (exact) mass is 213 g/mol. The second-order valence-electron chi connectivity index (χ2n) is 4.08. The van der Waals surface area contributed by atoms with Gasteiger partial charge in [-0.05, 0) is 31.7 Å². The quantitative estimate of drug-likeness (QED) is 0.441. The number of carboxylic acid groups (broad SMARTS) is 1. The van der Waals surface area contributed by atoms with E-state index in [1.165, 1.54) is 7.11 Å². The lowest BCUT2D eigenvalue weighted by Crippen LogP contribution is -2.46. The van der Waals surface area contributed by atoms with Crippen molar-refractivity contribution in [2.45, 2.75) is 38.3 Å². The van der Waals surface area contributed by atoms with Crippen LogP contribution >= 0.6 is 0 Å². The molecular weight excluding hydrogens is 198 g/mol. The van der Waals surface area contributed by atoms with Crippen LogP contribution in [0.2, 0.25) is 0 Å². The Bertz CT molecular complexity index is 301. The molecule has 0 amide bonds. The van der Waals surface area contributed by atoms with Gasteiger partial charge >= 0.3 is 5.97 Å². The molecule has 0 unspecified atom stereocenters. The van der Waals surface area contributed by atoms with Crippen molar-refractivity contribution in [1.82, 2.24) is 0 Å². The third-order valence-corrected chi connectivity index (χ3v) is 3.18. The van der Waals surface area contributed by atoms with E-state index >= 15 is 0 Å². The first-order valence-electron chi connectivity index (χ1n) is 4.85. The van der Waals surface area contributed by atoms with E-state index < -0.39 is 11.4 Å². The summed E-state index contributed by atoms with van der Waals surface area (Å²) in [6.07, 6.45) is 1.17. The third-order valence-electron chi connectivity index (χ3n) is 3.18. The van der Waals surface area contributed by atoms with E-state index in [2.05, 4.69) is 10.0 Å². The number of carbonyl (C=O) groups is 1. The molecule has 6 heteroatoms. The lowest BCUT2D eigenvalue weighted by atomic mass is 9.72. The van der Waals surface area contributed by atoms with Crippen LogP contribution in [0.5, 0.6) is 0 Å². The summed E-state index contributed by atoms with van der Waals surface area (Å²) in [4.78, 5) is 13.9. The molecule has 1 aliphatic carbocycles. The number of hydrogen-bond donors (Lipinski definition) is 1. The van der Waals surface area contributed by atoms with Crippen LogP contribution in [-0.4, -0.2) is 30.3 Å². The van der Waals surface area contributed by atoms with E-state index in [1.807, 2.05) is 0 Å². The van der Waals surface area contributed by atoms with Crippen LogP contribution in [0.25, 0.3) is 10.4 Å². The Labute approximate surface area is 87.9 Å². The van der Waals surface area contributed by atoms with Gasteiger partial charge < -0.3 is 9.84 Å². The van der Waals surface area contributed by atoms with Crippen molar-refractivity contribution in [3.05, 3.63) is 10.4 Å². The van der Waals surface area contributed by atoms with E-state index in [4.69, 9.17) is 15.4 Å². The van der Waals surface area contributed by atoms with Gasteiger partial charge in [0.05, 0.1) is 11.5 Å². The number of azide groups is 1. The molecule has 0 aliphatic heterocycles. The van der Waals surface area contributed by atoms with Gasteiger partial charge in [0.1, 0.15) is 0 Å². The number of rotatable bonds is 3. The molecule has 0 spiro atoms. The number of carboxylic acids is 1. The molecule has 0 bridgehead atoms. The maximum atomic E-state index is 11.1. The van der Waals surface area contributed by atoms with Gasteiger partial charge in [0.25, 0.3) is 0 Å². The fraction of sp³-hybridized carbons (Fsp3) is 0.889. The molecule has 0 radical (unpaired) electrons. The zero-order valence-electron chi connectivity index (χ0n) is 8.88. The highest BCUT2D eigenvalue weighted by Crippen LogP contribution is 2.39. The number of aliphatic carboxylic acids is 1. The first-order chi connectivity index (χ1) is 7.04. The summed E-state index contributed by atoms with van der Waals surface area (Å²) >= 11 is 0. The summed E-state index contributed by atoms with van der Waals surface area (Å²) in [5.41, 5.74) is 7.45. The summed E-state index contributed by atoms with van der Waals surface area (Å²) in [7, 11) is 1.49. The highest BCUT2D eigenvalue weighted by molar-refractivity contribution is 5.75. The van der Waals surface area contributed by atoms with Gasteiger partial charge in [0.2, 0.25) is 0 Å². The molecule has 0 aromatic rings. The van der Waals surface area contributed by atoms with Crippen molar-refractivity contribution >= 4 is 5.97 Å². The largest absolute Gasteiger partial charge is 0.481 e. The van der Waals surface area contributed by atoms with Gasteiger partial charge in [0, 0.05) is 18.1 Å². The first-order valence-corrected chi connectivity index (χ1v) is 4.85. The minimum Gasteiger partial charge on any atom is -0.481 e. The van der Waals surface area contributed by atoms with E-state index in [9.17, 15) is 4.79 Å². The molecule has 6 nitrogen and oxygen atoms in total. The summed E-state index contributed by atoms with van der Waals surface area (Å²) in [6.45, 7) is 1.68. The first kappa shape index (κ1) is 11.8. The lowest BCUT2D eigenvalue weighted by Gasteiger charge is -2.39. The fourth-order valence-electron chi connectivity index (χ4n) is 2.03. The van der Waals surface area contributed by atoms with Crippen LogP contribution in [0.1, 0.15) is 26.2 Å². The van der Waals surface area contributed by atoms with Crippen molar-refractivity contribution in [1.29, 1.82) is 0 Å². The molecule has 0 saturated heterocycles. The van der Waals surface area contributed by atoms with Crippen LogP contribution in [0, 0.1) is 5.41 Å². The molecule has 1 fully saturated rings. The smallest absolute Gasteiger partial charge is 0.311 e. The minimum absolute atomic E-state index is 0.146. The van der Waals surface area contributed by atoms with Gasteiger partial charge in [0.15, 0.2) is 0 Å². The second kappa shape index (κ2) is 4.51. The Morgan fingerprint density at radius 2 is 2.40 bits per heavy atom. The molecule has 1 aliphatic rings. The lowest BCUT2D eigenvalue weighted by molar-refractivity contribution is -0.160. The van der Waals surface area contributed by atoms with Gasteiger partial charge in [-0.15, -0.1) is 0 Å². The van der Waals surface area contributed by atoms with Gasteiger partial charge in [-0.3, -0.25) is 4.79 Å². The third kappa shape index (κ3) is 2.22. The molecule has 0 aromatic heterocycles. The van der Waals surface area contributed by atoms with Crippen molar-refractivity contribution in [3.8, 4) is 0 Å². The topological polar surface area (TPSA) is 95.3 Å². The van der Waals surface area contributed by atoms with Crippen LogP contribution in [-0.2, 0) is 9.53 Å². The SMILES string of the molecule is CO[C@H]1C[C@@H](N=[N+]=[N-])CC[C@]1(C)C(=O)O. The standard InChI is InChI=1S/C9H15N3O3/c1-9(8(13)14)4-3-6(11-12-10)5-7(9)15-2/h6-7H,3-5H2,1-2H3,(H,13,14)/t6-,7-,9-/m0/s1. The highest BCUT2D eigenvalue weighted by atomic mass is 16.5. The second-order valence-corrected chi connectivity index (χ2v) is 4.08. The average Bonchev–Trinajstić information content (AvgIpc) is 2.21. The van der Waals surface area contributed by atoms with Crippen molar-refractivity contribution in [3.63, 3.8) is 0 Å². The zero-order chi connectivity index (χ0) is 11.5. The molecule has 0 aromatic carbocycles. The zero-order valence-corrected chi connectivity index (χ0v) is 8.88. The molecule has 3 atom stereocenters. The Balaban J connectivity index is 2.81. The van der Waals surface area contributed by atoms with E-state index in [1.54, 1.807) is 6.92 Å². The molecule has 84 valence electrons. The van der Waals surface area contributed by atoms with Gasteiger partial charge in [-0.1, -0.05) is 5.11 Å². The van der Waals surface area contributed by atoms with Crippen LogP contribution < -0.4 is 0 Å². The summed E-state index contributed by atoms with van der Waals surface area (Å²) in [5.74, 6) is -0.853. The summed E-state index contributed by atoms with van der Waals surface area (Å²) < 4.78 is 5.18. The number of ether oxygens (including phenoxy) is 1. The van der Waals surface area contributed by atoms with E-state index in [0.29, 0.717) is 19.3 Å². The molecule has 15 heavy (non-hydrogen) atoms. The van der Waals surface area contributed by atoms with Gasteiger partial charge in [-0.2, -0.15) is 0 Å². The number of nitrogens with zero attached hydrogens (tertiary/aromatic N) is 3. The van der Waals surface area contributed by atoms with E-state index in [0.717, 1.165) is 0 Å². The summed E-state index contributed by atoms with van der Waals surface area (Å²) in [6, 6.07) is -0.146. The Morgan fingerprint density at radius 3 is 2.87 bits per heavy atom. The highest BCUT2D eigenvalue weighted by Gasteiger charge is 2.45. The molecule has 0 heterocycles. The molecule has 1 N–H and O–H groups in total. The maximum absolute atomic E-state index is 11.1. The number of hydrogen-bond acceptors (Lipinski definition) is 3. The molecule has 1 saturated carbocycles. The fourth-order valence-corrected chi connectivity index (χ4v) is 2.03. The van der Waals surface area contributed by atoms with Crippen LogP contribution in [0.3, 0.4) is 0 Å². The Kier molecular flexibility index (Phi) is 3.55. The van der Waals surface area contributed by atoms with Crippen LogP contribution in [0.4, 0.5) is 0 Å². The van der Waals surface area contributed by atoms with Crippen molar-refractivity contribution < 1.29 is 14.6 Å². The van der Waals surface area contributed by atoms with Gasteiger partial charge in [-0.25, -0.2) is 0 Å². The predicted octanol–water partition coefficient (Wildman–Crippen LogP) is 1.96.